The molecule has 4 heteroatoms. The van der Waals surface area contributed by atoms with E-state index in [0.29, 0.717) is 24.9 Å². The Balaban J connectivity index is 2.06. The number of carbonyl (C=O) groups is 2. The Kier molecular flexibility index (Phi) is 3.97. The summed E-state index contributed by atoms with van der Waals surface area (Å²) in [6.45, 7) is 2.80. The molecular weight excluding hydrogens is 228 g/mol. The molecule has 96 valence electrons. The average molecular weight is 246 g/mol. The van der Waals surface area contributed by atoms with E-state index < -0.39 is 0 Å². The first-order valence-corrected chi connectivity index (χ1v) is 6.41. The van der Waals surface area contributed by atoms with Crippen LogP contribution in [0, 0.1) is 0 Å². The van der Waals surface area contributed by atoms with E-state index in [9.17, 15) is 9.59 Å². The van der Waals surface area contributed by atoms with Crippen molar-refractivity contribution in [2.45, 2.75) is 32.6 Å². The van der Waals surface area contributed by atoms with Gasteiger partial charge < -0.3 is 10.6 Å². The van der Waals surface area contributed by atoms with Gasteiger partial charge in [0.05, 0.1) is 0 Å². The van der Waals surface area contributed by atoms with Crippen LogP contribution in [0.5, 0.6) is 0 Å². The minimum Gasteiger partial charge on any atom is -0.352 e. The Hall–Kier alpha value is -1.84. The minimum absolute atomic E-state index is 0.0387. The second kappa shape index (κ2) is 5.67. The van der Waals surface area contributed by atoms with Crippen molar-refractivity contribution in [3.63, 3.8) is 0 Å². The first-order valence-electron chi connectivity index (χ1n) is 6.41. The van der Waals surface area contributed by atoms with Crippen molar-refractivity contribution < 1.29 is 9.59 Å². The maximum absolute atomic E-state index is 11.9. The van der Waals surface area contributed by atoms with Gasteiger partial charge in [0.15, 0.2) is 0 Å². The lowest BCUT2D eigenvalue weighted by molar-refractivity contribution is -0.116. The fourth-order valence-corrected chi connectivity index (χ4v) is 2.01. The van der Waals surface area contributed by atoms with E-state index in [1.165, 1.54) is 0 Å². The van der Waals surface area contributed by atoms with Crippen molar-refractivity contribution in [3.05, 3.63) is 29.3 Å². The molecule has 1 heterocycles. The Morgan fingerprint density at radius 2 is 2.22 bits per heavy atom. The van der Waals surface area contributed by atoms with Crippen molar-refractivity contribution in [3.8, 4) is 0 Å². The van der Waals surface area contributed by atoms with Crippen LogP contribution in [0.4, 0.5) is 5.69 Å². The molecular formula is C14H18N2O2. The highest BCUT2D eigenvalue weighted by Gasteiger charge is 2.16. The molecule has 2 N–H and O–H groups in total. The van der Waals surface area contributed by atoms with Crippen LogP contribution in [-0.2, 0) is 11.2 Å². The van der Waals surface area contributed by atoms with Gasteiger partial charge in [0, 0.05) is 24.2 Å². The number of anilines is 1. The first kappa shape index (κ1) is 12.6. The molecule has 0 spiro atoms. The smallest absolute Gasteiger partial charge is 0.251 e. The normalized spacial score (nSPS) is 13.7. The fourth-order valence-electron chi connectivity index (χ4n) is 2.01. The Morgan fingerprint density at radius 1 is 1.39 bits per heavy atom. The largest absolute Gasteiger partial charge is 0.352 e. The van der Waals surface area contributed by atoms with Crippen molar-refractivity contribution in [1.82, 2.24) is 5.32 Å². The summed E-state index contributed by atoms with van der Waals surface area (Å²) in [5.74, 6) is 0.00537. The van der Waals surface area contributed by atoms with Crippen LogP contribution >= 0.6 is 0 Å². The number of benzene rings is 1. The lowest BCUT2D eigenvalue weighted by Crippen LogP contribution is -2.25. The summed E-state index contributed by atoms with van der Waals surface area (Å²) in [7, 11) is 0. The molecule has 0 bridgehead atoms. The van der Waals surface area contributed by atoms with E-state index in [1.807, 2.05) is 6.07 Å². The van der Waals surface area contributed by atoms with Gasteiger partial charge in [-0.05, 0) is 36.6 Å². The van der Waals surface area contributed by atoms with Crippen LogP contribution in [-0.4, -0.2) is 18.4 Å². The number of hydrogen-bond donors (Lipinski definition) is 2. The topological polar surface area (TPSA) is 58.2 Å². The Morgan fingerprint density at radius 3 is 3.00 bits per heavy atom. The first-order chi connectivity index (χ1) is 8.70. The Bertz CT molecular complexity index is 469. The van der Waals surface area contributed by atoms with E-state index in [1.54, 1.807) is 12.1 Å². The van der Waals surface area contributed by atoms with E-state index >= 15 is 0 Å². The molecule has 0 unspecified atom stereocenters. The molecule has 0 aliphatic carbocycles. The number of fused-ring (bicyclic) bond motifs is 1. The van der Waals surface area contributed by atoms with Crippen LogP contribution in [0.25, 0.3) is 0 Å². The lowest BCUT2D eigenvalue weighted by Gasteiger charge is -2.17. The third-order valence-corrected chi connectivity index (χ3v) is 3.08. The van der Waals surface area contributed by atoms with Gasteiger partial charge in [0.25, 0.3) is 5.91 Å². The molecule has 0 radical (unpaired) electrons. The number of hydrogen-bond acceptors (Lipinski definition) is 2. The van der Waals surface area contributed by atoms with Crippen LogP contribution in [0.1, 0.15) is 42.1 Å². The third kappa shape index (κ3) is 2.88. The monoisotopic (exact) mass is 246 g/mol. The molecule has 1 aliphatic rings. The summed E-state index contributed by atoms with van der Waals surface area (Å²) in [6, 6.07) is 5.43. The van der Waals surface area contributed by atoms with Crippen molar-refractivity contribution in [2.24, 2.45) is 0 Å². The zero-order chi connectivity index (χ0) is 13.0. The molecule has 1 aliphatic heterocycles. The molecule has 0 aromatic heterocycles. The highest BCUT2D eigenvalue weighted by atomic mass is 16.2. The summed E-state index contributed by atoms with van der Waals surface area (Å²) in [5.41, 5.74) is 2.54. The summed E-state index contributed by atoms with van der Waals surface area (Å²) in [5, 5.41) is 5.70. The molecule has 0 saturated heterocycles. The molecule has 1 aromatic carbocycles. The van der Waals surface area contributed by atoms with Gasteiger partial charge in [-0.3, -0.25) is 9.59 Å². The van der Waals surface area contributed by atoms with Gasteiger partial charge in [-0.25, -0.2) is 0 Å². The standard InChI is InChI=1S/C14H18N2O2/c1-2-3-8-15-14(18)11-4-6-12-10(9-11)5-7-13(17)16-12/h4,6,9H,2-3,5,7-8H2,1H3,(H,15,18)(H,16,17). The van der Waals surface area contributed by atoms with Crippen molar-refractivity contribution in [1.29, 1.82) is 0 Å². The summed E-state index contributed by atoms with van der Waals surface area (Å²) in [6.07, 6.45) is 3.26. The summed E-state index contributed by atoms with van der Waals surface area (Å²) < 4.78 is 0. The minimum atomic E-state index is -0.0387. The number of rotatable bonds is 4. The number of amides is 2. The van der Waals surface area contributed by atoms with Gasteiger partial charge in [0.2, 0.25) is 5.91 Å². The van der Waals surface area contributed by atoms with Crippen LogP contribution in [0.2, 0.25) is 0 Å². The zero-order valence-electron chi connectivity index (χ0n) is 10.6. The van der Waals surface area contributed by atoms with Gasteiger partial charge in [-0.15, -0.1) is 0 Å². The molecule has 0 atom stereocenters. The molecule has 0 saturated carbocycles. The highest BCUT2D eigenvalue weighted by Crippen LogP contribution is 2.23. The van der Waals surface area contributed by atoms with E-state index in [2.05, 4.69) is 17.6 Å². The number of nitrogens with one attached hydrogen (secondary N) is 2. The average Bonchev–Trinajstić information content (AvgIpc) is 2.38. The molecule has 18 heavy (non-hydrogen) atoms. The second-order valence-corrected chi connectivity index (χ2v) is 4.53. The molecule has 1 aromatic rings. The van der Waals surface area contributed by atoms with Crippen molar-refractivity contribution in [2.75, 3.05) is 11.9 Å². The van der Waals surface area contributed by atoms with E-state index in [-0.39, 0.29) is 11.8 Å². The highest BCUT2D eigenvalue weighted by molar-refractivity contribution is 5.97. The molecule has 2 rings (SSSR count). The van der Waals surface area contributed by atoms with E-state index in [4.69, 9.17) is 0 Å². The van der Waals surface area contributed by atoms with Gasteiger partial charge in [-0.2, -0.15) is 0 Å². The predicted octanol–water partition coefficient (Wildman–Crippen LogP) is 2.10. The summed E-state index contributed by atoms with van der Waals surface area (Å²) >= 11 is 0. The van der Waals surface area contributed by atoms with Gasteiger partial charge in [-0.1, -0.05) is 13.3 Å². The van der Waals surface area contributed by atoms with Gasteiger partial charge in [0.1, 0.15) is 0 Å². The lowest BCUT2D eigenvalue weighted by atomic mass is 10.00. The maximum Gasteiger partial charge on any atom is 0.251 e. The molecule has 2 amide bonds. The van der Waals surface area contributed by atoms with Crippen LogP contribution in [0.3, 0.4) is 0 Å². The number of carbonyl (C=O) groups excluding carboxylic acids is 2. The second-order valence-electron chi connectivity index (χ2n) is 4.53. The van der Waals surface area contributed by atoms with Crippen molar-refractivity contribution >= 4 is 17.5 Å². The molecule has 4 nitrogen and oxygen atoms in total. The number of aryl methyl sites for hydroxylation is 1. The molecule has 0 fully saturated rings. The summed E-state index contributed by atoms with van der Waals surface area (Å²) in [4.78, 5) is 23.1. The third-order valence-electron chi connectivity index (χ3n) is 3.08. The SMILES string of the molecule is CCCCNC(=O)c1ccc2c(c1)CCC(=O)N2. The Labute approximate surface area is 107 Å². The predicted molar refractivity (Wildman–Crippen MR) is 70.6 cm³/mol. The zero-order valence-corrected chi connectivity index (χ0v) is 10.6. The van der Waals surface area contributed by atoms with Crippen LogP contribution in [0.15, 0.2) is 18.2 Å². The fraction of sp³-hybridized carbons (Fsp3) is 0.429. The van der Waals surface area contributed by atoms with E-state index in [0.717, 1.165) is 24.1 Å². The van der Waals surface area contributed by atoms with Gasteiger partial charge >= 0.3 is 0 Å². The quantitative estimate of drug-likeness (QED) is 0.799. The number of unbranched alkanes of at least 4 members (excludes halogenated alkanes) is 1. The van der Waals surface area contributed by atoms with Crippen LogP contribution < -0.4 is 10.6 Å². The maximum atomic E-state index is 11.9.